The van der Waals surface area contributed by atoms with Crippen molar-refractivity contribution in [2.24, 2.45) is 5.73 Å². The number of benzene rings is 1. The molecule has 140 valence electrons. The molecule has 1 aliphatic heterocycles. The van der Waals surface area contributed by atoms with E-state index in [0.717, 1.165) is 0 Å². The Morgan fingerprint density at radius 3 is 2.54 bits per heavy atom. The molecule has 1 aromatic rings. The van der Waals surface area contributed by atoms with E-state index in [2.05, 4.69) is 16.0 Å². The lowest BCUT2D eigenvalue weighted by molar-refractivity contribution is -0.128. The van der Waals surface area contributed by atoms with E-state index in [1.807, 2.05) is 0 Å². The molecule has 2 rings (SSSR count). The number of amides is 5. The largest absolute Gasteiger partial charge is 0.370 e. The van der Waals surface area contributed by atoms with E-state index in [1.165, 1.54) is 0 Å². The molecule has 0 bridgehead atoms. The lowest BCUT2D eigenvalue weighted by atomic mass is 10.2. The monoisotopic (exact) mass is 363 g/mol. The minimum Gasteiger partial charge on any atom is -0.370 e. The van der Waals surface area contributed by atoms with Gasteiger partial charge in [-0.3, -0.25) is 14.4 Å². The van der Waals surface area contributed by atoms with Crippen molar-refractivity contribution >= 4 is 35.1 Å². The van der Waals surface area contributed by atoms with Crippen LogP contribution < -0.4 is 26.6 Å². The molecule has 5 amide bonds. The van der Waals surface area contributed by atoms with Crippen LogP contribution in [0.3, 0.4) is 0 Å². The third-order valence-corrected chi connectivity index (χ3v) is 3.59. The second kappa shape index (κ2) is 8.81. The average molecular weight is 363 g/mol. The van der Waals surface area contributed by atoms with Gasteiger partial charge in [0.2, 0.25) is 5.91 Å². The Morgan fingerprint density at radius 2 is 1.96 bits per heavy atom. The third kappa shape index (κ3) is 4.93. The molecule has 1 aromatic carbocycles. The SMILES string of the molecule is CCNC(=O)N[C@@H](C(N)=O)C(=O)Nc1ccc(N2CCOCC2=O)cc1. The van der Waals surface area contributed by atoms with Crippen molar-refractivity contribution in [3.05, 3.63) is 24.3 Å². The van der Waals surface area contributed by atoms with Crippen LogP contribution in [0.1, 0.15) is 6.92 Å². The summed E-state index contributed by atoms with van der Waals surface area (Å²) in [7, 11) is 0. The van der Waals surface area contributed by atoms with Crippen molar-refractivity contribution in [3.8, 4) is 0 Å². The zero-order valence-electron chi connectivity index (χ0n) is 14.3. The Labute approximate surface area is 150 Å². The number of anilines is 2. The normalized spacial score (nSPS) is 15.1. The Bertz CT molecular complexity index is 691. The van der Waals surface area contributed by atoms with E-state index in [1.54, 1.807) is 36.1 Å². The van der Waals surface area contributed by atoms with Crippen molar-refractivity contribution in [3.63, 3.8) is 0 Å². The molecule has 10 heteroatoms. The second-order valence-corrected chi connectivity index (χ2v) is 5.47. The Hall–Kier alpha value is -3.14. The van der Waals surface area contributed by atoms with E-state index in [-0.39, 0.29) is 12.5 Å². The van der Waals surface area contributed by atoms with Crippen molar-refractivity contribution in [2.45, 2.75) is 13.0 Å². The van der Waals surface area contributed by atoms with Gasteiger partial charge in [-0.05, 0) is 31.2 Å². The summed E-state index contributed by atoms with van der Waals surface area (Å²) in [6.07, 6.45) is 0. The Balaban J connectivity index is 2.02. The summed E-state index contributed by atoms with van der Waals surface area (Å²) >= 11 is 0. The minimum atomic E-state index is -1.51. The maximum atomic E-state index is 12.2. The first-order chi connectivity index (χ1) is 12.4. The lowest BCUT2D eigenvalue weighted by Crippen LogP contribution is -2.54. The van der Waals surface area contributed by atoms with Gasteiger partial charge < -0.3 is 31.3 Å². The first-order valence-corrected chi connectivity index (χ1v) is 8.05. The molecule has 0 spiro atoms. The van der Waals surface area contributed by atoms with Gasteiger partial charge in [0.1, 0.15) is 6.61 Å². The highest BCUT2D eigenvalue weighted by molar-refractivity contribution is 6.11. The van der Waals surface area contributed by atoms with Gasteiger partial charge in [-0.1, -0.05) is 0 Å². The number of carbonyl (C=O) groups excluding carboxylic acids is 4. The smallest absolute Gasteiger partial charge is 0.315 e. The molecule has 26 heavy (non-hydrogen) atoms. The number of hydrogen-bond acceptors (Lipinski definition) is 5. The fourth-order valence-electron chi connectivity index (χ4n) is 2.34. The zero-order chi connectivity index (χ0) is 19.1. The number of nitrogens with two attached hydrogens (primary N) is 1. The van der Waals surface area contributed by atoms with E-state index < -0.39 is 23.9 Å². The van der Waals surface area contributed by atoms with Crippen LogP contribution in [0.15, 0.2) is 24.3 Å². The van der Waals surface area contributed by atoms with Gasteiger partial charge in [-0.2, -0.15) is 0 Å². The summed E-state index contributed by atoms with van der Waals surface area (Å²) in [6.45, 7) is 2.96. The number of morpholine rings is 1. The fraction of sp³-hybridized carbons (Fsp3) is 0.375. The van der Waals surface area contributed by atoms with Crippen molar-refractivity contribution in [2.75, 3.05) is 36.5 Å². The molecule has 10 nitrogen and oxygen atoms in total. The van der Waals surface area contributed by atoms with Gasteiger partial charge in [0.25, 0.3) is 11.8 Å². The summed E-state index contributed by atoms with van der Waals surface area (Å²) in [4.78, 5) is 48.5. The third-order valence-electron chi connectivity index (χ3n) is 3.59. The lowest BCUT2D eigenvalue weighted by Gasteiger charge is -2.27. The van der Waals surface area contributed by atoms with Crippen LogP contribution in [0.5, 0.6) is 0 Å². The number of carbonyl (C=O) groups is 4. The number of nitrogens with one attached hydrogen (secondary N) is 3. The van der Waals surface area contributed by atoms with Gasteiger partial charge in [-0.25, -0.2) is 4.79 Å². The van der Waals surface area contributed by atoms with Crippen LogP contribution in [0.2, 0.25) is 0 Å². The van der Waals surface area contributed by atoms with Crippen LogP contribution in [-0.4, -0.2) is 56.1 Å². The van der Waals surface area contributed by atoms with Gasteiger partial charge in [0.05, 0.1) is 6.61 Å². The predicted molar refractivity (Wildman–Crippen MR) is 93.4 cm³/mol. The molecular formula is C16H21N5O5. The highest BCUT2D eigenvalue weighted by Gasteiger charge is 2.26. The van der Waals surface area contributed by atoms with E-state index in [4.69, 9.17) is 10.5 Å². The van der Waals surface area contributed by atoms with E-state index in [9.17, 15) is 19.2 Å². The maximum Gasteiger partial charge on any atom is 0.315 e. The van der Waals surface area contributed by atoms with Crippen LogP contribution in [0.4, 0.5) is 16.2 Å². The standard InChI is InChI=1S/C16H21N5O5/c1-2-18-16(25)20-13(14(17)23)15(24)19-10-3-5-11(6-4-10)21-7-8-26-9-12(21)22/h3-6,13H,2,7-9H2,1H3,(H2,17,23)(H,19,24)(H2,18,20,25)/t13-/m0/s1. The Morgan fingerprint density at radius 1 is 1.27 bits per heavy atom. The first-order valence-electron chi connectivity index (χ1n) is 8.05. The Kier molecular flexibility index (Phi) is 6.50. The molecule has 0 aliphatic carbocycles. The van der Waals surface area contributed by atoms with Crippen LogP contribution in [-0.2, 0) is 19.1 Å². The highest BCUT2D eigenvalue weighted by Crippen LogP contribution is 2.19. The summed E-state index contributed by atoms with van der Waals surface area (Å²) in [5.74, 6) is -1.89. The number of rotatable bonds is 6. The molecule has 1 atom stereocenters. The van der Waals surface area contributed by atoms with Gasteiger partial charge >= 0.3 is 6.03 Å². The van der Waals surface area contributed by atoms with Crippen molar-refractivity contribution < 1.29 is 23.9 Å². The van der Waals surface area contributed by atoms with Gasteiger partial charge in [0.15, 0.2) is 6.04 Å². The average Bonchev–Trinajstić information content (AvgIpc) is 2.61. The topological polar surface area (TPSA) is 143 Å². The van der Waals surface area contributed by atoms with E-state index >= 15 is 0 Å². The maximum absolute atomic E-state index is 12.2. The summed E-state index contributed by atoms with van der Waals surface area (Å²) in [5, 5.41) is 7.12. The molecular weight excluding hydrogens is 342 g/mol. The number of urea groups is 1. The molecule has 1 aliphatic rings. The summed E-state index contributed by atoms with van der Waals surface area (Å²) in [5.41, 5.74) is 6.24. The number of hydrogen-bond donors (Lipinski definition) is 4. The highest BCUT2D eigenvalue weighted by atomic mass is 16.5. The van der Waals surface area contributed by atoms with Crippen LogP contribution >= 0.6 is 0 Å². The van der Waals surface area contributed by atoms with Gasteiger partial charge in [-0.15, -0.1) is 0 Å². The van der Waals surface area contributed by atoms with E-state index in [0.29, 0.717) is 31.1 Å². The van der Waals surface area contributed by atoms with Crippen LogP contribution in [0.25, 0.3) is 0 Å². The summed E-state index contributed by atoms with van der Waals surface area (Å²) in [6, 6.07) is 4.31. The summed E-state index contributed by atoms with van der Waals surface area (Å²) < 4.78 is 5.08. The van der Waals surface area contributed by atoms with Crippen molar-refractivity contribution in [1.82, 2.24) is 10.6 Å². The molecule has 0 saturated carbocycles. The second-order valence-electron chi connectivity index (χ2n) is 5.47. The number of primary amides is 1. The first kappa shape index (κ1) is 19.2. The van der Waals surface area contributed by atoms with Crippen LogP contribution in [0, 0.1) is 0 Å². The molecule has 1 heterocycles. The quantitative estimate of drug-likeness (QED) is 0.488. The molecule has 0 unspecified atom stereocenters. The molecule has 1 fully saturated rings. The zero-order valence-corrected chi connectivity index (χ0v) is 14.3. The fourth-order valence-corrected chi connectivity index (χ4v) is 2.34. The number of ether oxygens (including phenoxy) is 1. The van der Waals surface area contributed by atoms with Gasteiger partial charge in [0, 0.05) is 24.5 Å². The number of nitrogens with zero attached hydrogens (tertiary/aromatic N) is 1. The predicted octanol–water partition coefficient (Wildman–Crippen LogP) is -0.839. The molecule has 0 aromatic heterocycles. The minimum absolute atomic E-state index is 0.0320. The van der Waals surface area contributed by atoms with Crippen molar-refractivity contribution in [1.29, 1.82) is 0 Å². The molecule has 5 N–H and O–H groups in total. The molecule has 0 radical (unpaired) electrons. The molecule has 1 saturated heterocycles.